The van der Waals surface area contributed by atoms with Gasteiger partial charge in [-0.3, -0.25) is 14.4 Å². The summed E-state index contributed by atoms with van der Waals surface area (Å²) in [7, 11) is 0. The van der Waals surface area contributed by atoms with Crippen molar-refractivity contribution < 1.29 is 29.0 Å². The Morgan fingerprint density at radius 2 is 0.828 bits per heavy atom. The molecule has 0 amide bonds. The van der Waals surface area contributed by atoms with Crippen LogP contribution < -0.4 is 0 Å². The van der Waals surface area contributed by atoms with Crippen LogP contribution in [-0.2, 0) is 23.9 Å². The molecule has 0 aromatic rings. The number of rotatable bonds is 40. The molecule has 0 saturated carbocycles. The fourth-order valence-corrected chi connectivity index (χ4v) is 8.00. The van der Waals surface area contributed by atoms with E-state index in [0.717, 1.165) is 70.1 Å². The summed E-state index contributed by atoms with van der Waals surface area (Å²) < 4.78 is 10.9. The molecule has 0 aromatic carbocycles. The maximum atomic E-state index is 11.9. The molecule has 0 unspecified atom stereocenters. The van der Waals surface area contributed by atoms with E-state index in [-0.39, 0.29) is 18.4 Å². The molecule has 1 fully saturated rings. The Morgan fingerprint density at radius 3 is 1.21 bits per heavy atom. The highest BCUT2D eigenvalue weighted by atomic mass is 16.5. The minimum atomic E-state index is -0.250. The summed E-state index contributed by atoms with van der Waals surface area (Å²) in [4.78, 5) is 34.9. The van der Waals surface area contributed by atoms with Crippen LogP contribution in [0.4, 0.5) is 0 Å². The summed E-state index contributed by atoms with van der Waals surface area (Å²) in [6.07, 6.45) is 48.6. The number of carboxylic acid groups (broad SMARTS) is 1. The van der Waals surface area contributed by atoms with Gasteiger partial charge in [0.2, 0.25) is 0 Å². The summed E-state index contributed by atoms with van der Waals surface area (Å²) >= 11 is 0. The van der Waals surface area contributed by atoms with Crippen molar-refractivity contribution in [2.24, 2.45) is 17.8 Å². The molecule has 1 saturated heterocycles. The van der Waals surface area contributed by atoms with Gasteiger partial charge in [-0.15, -0.1) is 0 Å². The van der Waals surface area contributed by atoms with Gasteiger partial charge in [0.05, 0.1) is 13.2 Å². The molecule has 7 nitrogen and oxygen atoms in total. The van der Waals surface area contributed by atoms with Crippen molar-refractivity contribution in [3.8, 4) is 0 Å². The third kappa shape index (κ3) is 38.1. The molecule has 0 aromatic heterocycles. The number of hydrogen-bond donors (Lipinski definition) is 1. The lowest BCUT2D eigenvalue weighted by Crippen LogP contribution is -2.21. The van der Waals surface area contributed by atoms with Gasteiger partial charge in [-0.1, -0.05) is 155 Å². The molecule has 1 aliphatic heterocycles. The Bertz CT molecular complexity index is 891. The maximum absolute atomic E-state index is 11.9. The van der Waals surface area contributed by atoms with E-state index in [1.165, 1.54) is 148 Å². The molecule has 58 heavy (non-hydrogen) atoms. The van der Waals surface area contributed by atoms with E-state index in [9.17, 15) is 9.59 Å². The van der Waals surface area contributed by atoms with Gasteiger partial charge in [0, 0.05) is 12.8 Å². The maximum Gasteiger partial charge on any atom is 0.305 e. The molecule has 7 heteroatoms. The largest absolute Gasteiger partial charge is 0.483 e. The van der Waals surface area contributed by atoms with E-state index < -0.39 is 0 Å². The van der Waals surface area contributed by atoms with Crippen molar-refractivity contribution in [2.75, 3.05) is 32.8 Å². The van der Waals surface area contributed by atoms with Gasteiger partial charge in [0.15, 0.2) is 0 Å². The first kappa shape index (κ1) is 55.9. The Kier molecular flexibility index (Phi) is 42.8. The highest BCUT2D eigenvalue weighted by Gasteiger charge is 2.14. The van der Waals surface area contributed by atoms with E-state index in [2.05, 4.69) is 56.9 Å². The predicted molar refractivity (Wildman–Crippen MR) is 246 cm³/mol. The zero-order valence-corrected chi connectivity index (χ0v) is 38.7. The van der Waals surface area contributed by atoms with Gasteiger partial charge in [-0.2, -0.15) is 0 Å². The average Bonchev–Trinajstić information content (AvgIpc) is 3.75. The zero-order valence-electron chi connectivity index (χ0n) is 38.7. The molecular weight excluding hydrogens is 723 g/mol. The van der Waals surface area contributed by atoms with Crippen molar-refractivity contribution in [2.45, 2.75) is 233 Å². The van der Waals surface area contributed by atoms with Gasteiger partial charge in [0.1, 0.15) is 0 Å². The van der Waals surface area contributed by atoms with Crippen molar-refractivity contribution >= 4 is 18.4 Å². The molecule has 1 heterocycles. The Morgan fingerprint density at radius 1 is 0.500 bits per heavy atom. The Labute approximate surface area is 359 Å². The van der Waals surface area contributed by atoms with Gasteiger partial charge in [-0.05, 0) is 127 Å². The van der Waals surface area contributed by atoms with Crippen LogP contribution in [0.25, 0.3) is 0 Å². The monoisotopic (exact) mass is 818 g/mol. The number of allylic oxidation sites excluding steroid dienone is 4. The fourth-order valence-electron chi connectivity index (χ4n) is 8.00. The number of unbranched alkanes of at least 4 members (excludes halogenated alkanes) is 16. The molecule has 1 aliphatic rings. The Balaban J connectivity index is 0.0000105. The smallest absolute Gasteiger partial charge is 0.305 e. The molecule has 0 aliphatic carbocycles. The normalized spacial score (nSPS) is 13.3. The highest BCUT2D eigenvalue weighted by molar-refractivity contribution is 5.69. The minimum absolute atomic E-state index is 0.0184. The number of carbonyl (C=O) groups is 3. The lowest BCUT2D eigenvalue weighted by atomic mass is 9.90. The van der Waals surface area contributed by atoms with Crippen LogP contribution in [-0.4, -0.2) is 61.3 Å². The number of hydrogen-bond acceptors (Lipinski definition) is 6. The molecule has 340 valence electrons. The molecule has 0 spiro atoms. The van der Waals surface area contributed by atoms with Gasteiger partial charge in [-0.25, -0.2) is 0 Å². The molecule has 1 N–H and O–H groups in total. The fraction of sp³-hybridized carbons (Fsp3) is 0.863. The standard InChI is InChI=1S/C50H93NO4.CH2O2/c1-5-46(6-2)44-54-49(52)39-31-27-23-19-15-11-9-13-17-21-25-29-36-48(38-35-43-51-41-33-34-42-51)37-30-26-22-18-14-10-12-16-20-24-28-32-40-50(53)55-45-47(7-3)8-4;2-1-3/h15-16,19-20,46-48H,5-14,17-18,21-45H2,1-4H3;1H,(H,2,3)/b19-15-,20-16-;. The number of esters is 2. The first-order valence-corrected chi connectivity index (χ1v) is 24.8. The summed E-state index contributed by atoms with van der Waals surface area (Å²) in [6.45, 7) is 13.6. The van der Waals surface area contributed by atoms with Crippen LogP contribution in [0.2, 0.25) is 0 Å². The quantitative estimate of drug-likeness (QED) is 0.0285. The summed E-state index contributed by atoms with van der Waals surface area (Å²) in [6, 6.07) is 0. The highest BCUT2D eigenvalue weighted by Crippen LogP contribution is 2.24. The lowest BCUT2D eigenvalue weighted by molar-refractivity contribution is -0.146. The molecule has 0 radical (unpaired) electrons. The summed E-state index contributed by atoms with van der Waals surface area (Å²) in [5, 5.41) is 6.89. The third-order valence-electron chi connectivity index (χ3n) is 12.4. The second-order valence-electron chi connectivity index (χ2n) is 17.2. The first-order valence-electron chi connectivity index (χ1n) is 24.8. The van der Waals surface area contributed by atoms with Crippen LogP contribution in [0.15, 0.2) is 24.3 Å². The minimum Gasteiger partial charge on any atom is -0.483 e. The summed E-state index contributed by atoms with van der Waals surface area (Å²) in [5.74, 6) is 1.94. The van der Waals surface area contributed by atoms with Gasteiger partial charge in [0.25, 0.3) is 6.47 Å². The third-order valence-corrected chi connectivity index (χ3v) is 12.4. The van der Waals surface area contributed by atoms with Crippen LogP contribution >= 0.6 is 0 Å². The zero-order chi connectivity index (χ0) is 42.6. The van der Waals surface area contributed by atoms with Crippen molar-refractivity contribution in [3.63, 3.8) is 0 Å². The Hall–Kier alpha value is -2.15. The SMILES string of the molecule is CCC(CC)COC(=O)CCCC/C=C\CCCCCCCCC(CCCCCCCC/C=C\CCCCC(=O)OCC(CC)CC)CCCN1CCCC1.O=CO. The van der Waals surface area contributed by atoms with Crippen LogP contribution in [0.5, 0.6) is 0 Å². The average molecular weight is 818 g/mol. The number of nitrogens with zero attached hydrogens (tertiary/aromatic N) is 1. The lowest BCUT2D eigenvalue weighted by Gasteiger charge is -2.20. The van der Waals surface area contributed by atoms with Crippen molar-refractivity contribution in [1.82, 2.24) is 4.90 Å². The van der Waals surface area contributed by atoms with Crippen molar-refractivity contribution in [1.29, 1.82) is 0 Å². The second kappa shape index (κ2) is 44.4. The van der Waals surface area contributed by atoms with Gasteiger partial charge < -0.3 is 19.5 Å². The molecular formula is C51H95NO6. The summed E-state index contributed by atoms with van der Waals surface area (Å²) in [5.41, 5.74) is 0. The number of carbonyl (C=O) groups excluding carboxylic acids is 2. The predicted octanol–water partition coefficient (Wildman–Crippen LogP) is 14.6. The van der Waals surface area contributed by atoms with E-state index in [4.69, 9.17) is 19.4 Å². The van der Waals surface area contributed by atoms with E-state index in [1.807, 2.05) is 0 Å². The topological polar surface area (TPSA) is 93.1 Å². The molecule has 1 rings (SSSR count). The van der Waals surface area contributed by atoms with Crippen molar-refractivity contribution in [3.05, 3.63) is 24.3 Å². The van der Waals surface area contributed by atoms with Crippen LogP contribution in [0, 0.1) is 17.8 Å². The molecule has 0 bridgehead atoms. The second-order valence-corrected chi connectivity index (χ2v) is 17.2. The van der Waals surface area contributed by atoms with E-state index >= 15 is 0 Å². The number of ether oxygens (including phenoxy) is 2. The van der Waals surface area contributed by atoms with Crippen LogP contribution in [0.3, 0.4) is 0 Å². The van der Waals surface area contributed by atoms with Gasteiger partial charge >= 0.3 is 11.9 Å². The van der Waals surface area contributed by atoms with E-state index in [0.29, 0.717) is 37.9 Å². The first-order chi connectivity index (χ1) is 28.4. The van der Waals surface area contributed by atoms with Crippen LogP contribution in [0.1, 0.15) is 233 Å². The number of likely N-dealkylation sites (tertiary alicyclic amines) is 1. The molecule has 0 atom stereocenters. The van der Waals surface area contributed by atoms with E-state index in [1.54, 1.807) is 0 Å².